The summed E-state index contributed by atoms with van der Waals surface area (Å²) in [7, 11) is 1.88. The molecular formula is C10H13Cl2NO. The maximum absolute atomic E-state index is 5.85. The molecule has 0 radical (unpaired) electrons. The van der Waals surface area contributed by atoms with Gasteiger partial charge in [-0.15, -0.1) is 0 Å². The molecule has 1 aromatic rings. The Morgan fingerprint density at radius 3 is 2.64 bits per heavy atom. The van der Waals surface area contributed by atoms with E-state index in [9.17, 15) is 0 Å². The van der Waals surface area contributed by atoms with E-state index >= 15 is 0 Å². The first-order valence-electron chi connectivity index (χ1n) is 4.39. The maximum Gasteiger partial charge on any atom is 0.121 e. The molecule has 0 heterocycles. The van der Waals surface area contributed by atoms with Gasteiger partial charge in [-0.2, -0.15) is 0 Å². The Hall–Kier alpha value is -0.440. The minimum absolute atomic E-state index is 0.109. The molecule has 78 valence electrons. The van der Waals surface area contributed by atoms with Gasteiger partial charge in [-0.1, -0.05) is 23.2 Å². The van der Waals surface area contributed by atoms with E-state index in [-0.39, 0.29) is 6.10 Å². The molecule has 0 unspecified atom stereocenters. The summed E-state index contributed by atoms with van der Waals surface area (Å²) < 4.78 is 5.58. The van der Waals surface area contributed by atoms with Crippen LogP contribution in [0.3, 0.4) is 0 Å². The molecule has 0 bridgehead atoms. The van der Waals surface area contributed by atoms with Gasteiger partial charge in [-0.05, 0) is 26.1 Å². The summed E-state index contributed by atoms with van der Waals surface area (Å²) >= 11 is 11.6. The lowest BCUT2D eigenvalue weighted by atomic mass is 10.3. The van der Waals surface area contributed by atoms with Crippen LogP contribution in [-0.2, 0) is 0 Å². The van der Waals surface area contributed by atoms with Crippen LogP contribution >= 0.6 is 23.2 Å². The molecule has 0 spiro atoms. The second-order valence-electron chi connectivity index (χ2n) is 3.06. The standard InChI is InChI=1S/C10H13Cl2NO/c1-7(6-13-2)14-8-3-4-9(11)10(12)5-8/h3-5,7,13H,6H2,1-2H3/t7-/m0/s1. The van der Waals surface area contributed by atoms with E-state index in [0.29, 0.717) is 10.0 Å². The number of nitrogens with one attached hydrogen (secondary N) is 1. The van der Waals surface area contributed by atoms with Gasteiger partial charge in [0.15, 0.2) is 0 Å². The third-order valence-electron chi connectivity index (χ3n) is 1.72. The molecule has 1 rings (SSSR count). The van der Waals surface area contributed by atoms with Gasteiger partial charge >= 0.3 is 0 Å². The predicted octanol–water partition coefficient (Wildman–Crippen LogP) is 2.98. The van der Waals surface area contributed by atoms with Crippen molar-refractivity contribution < 1.29 is 4.74 Å². The number of hydrogen-bond acceptors (Lipinski definition) is 2. The molecule has 1 atom stereocenters. The Balaban J connectivity index is 2.63. The number of benzene rings is 1. The molecular weight excluding hydrogens is 221 g/mol. The van der Waals surface area contributed by atoms with Crippen molar-refractivity contribution in [1.82, 2.24) is 5.32 Å². The highest BCUT2D eigenvalue weighted by Crippen LogP contribution is 2.26. The van der Waals surface area contributed by atoms with Crippen molar-refractivity contribution in [2.75, 3.05) is 13.6 Å². The first-order chi connectivity index (χ1) is 6.63. The molecule has 0 aliphatic heterocycles. The topological polar surface area (TPSA) is 21.3 Å². The van der Waals surface area contributed by atoms with Crippen molar-refractivity contribution in [2.45, 2.75) is 13.0 Å². The molecule has 0 aromatic heterocycles. The zero-order valence-electron chi connectivity index (χ0n) is 8.18. The van der Waals surface area contributed by atoms with E-state index < -0.39 is 0 Å². The number of likely N-dealkylation sites (N-methyl/N-ethyl adjacent to an activating group) is 1. The summed E-state index contributed by atoms with van der Waals surface area (Å²) in [5.41, 5.74) is 0. The van der Waals surface area contributed by atoms with Crippen LogP contribution in [0.2, 0.25) is 10.0 Å². The zero-order valence-corrected chi connectivity index (χ0v) is 9.69. The lowest BCUT2D eigenvalue weighted by molar-refractivity contribution is 0.220. The first-order valence-corrected chi connectivity index (χ1v) is 5.15. The summed E-state index contributed by atoms with van der Waals surface area (Å²) in [5, 5.41) is 4.09. The second kappa shape index (κ2) is 5.44. The molecule has 0 aliphatic carbocycles. The van der Waals surface area contributed by atoms with Crippen LogP contribution < -0.4 is 10.1 Å². The van der Waals surface area contributed by atoms with E-state index in [4.69, 9.17) is 27.9 Å². The van der Waals surface area contributed by atoms with Crippen molar-refractivity contribution in [3.8, 4) is 5.75 Å². The largest absolute Gasteiger partial charge is 0.489 e. The highest BCUT2D eigenvalue weighted by molar-refractivity contribution is 6.42. The number of ether oxygens (including phenoxy) is 1. The molecule has 0 amide bonds. The number of halogens is 2. The number of rotatable bonds is 4. The fourth-order valence-electron chi connectivity index (χ4n) is 1.11. The van der Waals surface area contributed by atoms with Crippen molar-refractivity contribution >= 4 is 23.2 Å². The highest BCUT2D eigenvalue weighted by Gasteiger charge is 2.04. The predicted molar refractivity (Wildman–Crippen MR) is 60.5 cm³/mol. The first kappa shape index (κ1) is 11.6. The third-order valence-corrected chi connectivity index (χ3v) is 2.46. The fourth-order valence-corrected chi connectivity index (χ4v) is 1.40. The van der Waals surface area contributed by atoms with E-state index in [1.165, 1.54) is 0 Å². The van der Waals surface area contributed by atoms with Gasteiger partial charge in [0.25, 0.3) is 0 Å². The lowest BCUT2D eigenvalue weighted by Crippen LogP contribution is -2.25. The minimum atomic E-state index is 0.109. The molecule has 14 heavy (non-hydrogen) atoms. The van der Waals surface area contributed by atoms with Gasteiger partial charge in [0, 0.05) is 12.6 Å². The van der Waals surface area contributed by atoms with E-state index in [1.807, 2.05) is 14.0 Å². The second-order valence-corrected chi connectivity index (χ2v) is 3.88. The Kier molecular flexibility index (Phi) is 4.52. The van der Waals surface area contributed by atoms with Gasteiger partial charge in [-0.25, -0.2) is 0 Å². The Labute approximate surface area is 94.2 Å². The van der Waals surface area contributed by atoms with Crippen LogP contribution in [0.1, 0.15) is 6.92 Å². The van der Waals surface area contributed by atoms with Crippen LogP contribution in [0, 0.1) is 0 Å². The zero-order chi connectivity index (χ0) is 10.6. The molecule has 0 saturated heterocycles. The van der Waals surface area contributed by atoms with Gasteiger partial charge in [0.1, 0.15) is 11.9 Å². The Morgan fingerprint density at radius 1 is 1.36 bits per heavy atom. The molecule has 0 aliphatic rings. The van der Waals surface area contributed by atoms with Crippen LogP contribution in [0.25, 0.3) is 0 Å². The number of hydrogen-bond donors (Lipinski definition) is 1. The molecule has 1 N–H and O–H groups in total. The van der Waals surface area contributed by atoms with E-state index in [1.54, 1.807) is 18.2 Å². The Morgan fingerprint density at radius 2 is 2.07 bits per heavy atom. The van der Waals surface area contributed by atoms with Crippen LogP contribution in [-0.4, -0.2) is 19.7 Å². The summed E-state index contributed by atoms with van der Waals surface area (Å²) in [5.74, 6) is 0.738. The van der Waals surface area contributed by atoms with Crippen LogP contribution in [0.4, 0.5) is 0 Å². The molecule has 1 aromatic carbocycles. The average molecular weight is 234 g/mol. The summed E-state index contributed by atoms with van der Waals surface area (Å²) in [6.45, 7) is 2.78. The SMILES string of the molecule is CNC[C@H](C)Oc1ccc(Cl)c(Cl)c1. The quantitative estimate of drug-likeness (QED) is 0.864. The van der Waals surface area contributed by atoms with E-state index in [2.05, 4.69) is 5.32 Å². The molecule has 0 saturated carbocycles. The maximum atomic E-state index is 5.85. The van der Waals surface area contributed by atoms with Gasteiger partial charge < -0.3 is 10.1 Å². The van der Waals surface area contributed by atoms with Crippen molar-refractivity contribution in [3.05, 3.63) is 28.2 Å². The van der Waals surface area contributed by atoms with Crippen molar-refractivity contribution in [3.63, 3.8) is 0 Å². The average Bonchev–Trinajstić information content (AvgIpc) is 2.12. The fraction of sp³-hybridized carbons (Fsp3) is 0.400. The van der Waals surface area contributed by atoms with Crippen molar-refractivity contribution in [2.24, 2.45) is 0 Å². The van der Waals surface area contributed by atoms with Crippen LogP contribution in [0.15, 0.2) is 18.2 Å². The third kappa shape index (κ3) is 3.37. The van der Waals surface area contributed by atoms with Gasteiger partial charge in [-0.3, -0.25) is 0 Å². The van der Waals surface area contributed by atoms with Crippen molar-refractivity contribution in [1.29, 1.82) is 0 Å². The molecule has 4 heteroatoms. The van der Waals surface area contributed by atoms with E-state index in [0.717, 1.165) is 12.3 Å². The smallest absolute Gasteiger partial charge is 0.121 e. The highest BCUT2D eigenvalue weighted by atomic mass is 35.5. The summed E-state index contributed by atoms with van der Waals surface area (Å²) in [4.78, 5) is 0. The normalized spacial score (nSPS) is 12.6. The lowest BCUT2D eigenvalue weighted by Gasteiger charge is -2.14. The van der Waals surface area contributed by atoms with Gasteiger partial charge in [0.2, 0.25) is 0 Å². The van der Waals surface area contributed by atoms with Crippen LogP contribution in [0.5, 0.6) is 5.75 Å². The van der Waals surface area contributed by atoms with Gasteiger partial charge in [0.05, 0.1) is 10.0 Å². The Bertz CT molecular complexity index is 304. The summed E-state index contributed by atoms with van der Waals surface area (Å²) in [6.07, 6.45) is 0.109. The molecule has 2 nitrogen and oxygen atoms in total. The summed E-state index contributed by atoms with van der Waals surface area (Å²) in [6, 6.07) is 5.25. The monoisotopic (exact) mass is 233 g/mol. The molecule has 0 fully saturated rings. The minimum Gasteiger partial charge on any atom is -0.489 e.